The van der Waals surface area contributed by atoms with Crippen LogP contribution in [0.2, 0.25) is 0 Å². The van der Waals surface area contributed by atoms with Gasteiger partial charge in [0.2, 0.25) is 0 Å². The fourth-order valence-corrected chi connectivity index (χ4v) is 1.85. The molecule has 0 bridgehead atoms. The number of aliphatic hydroxyl groups is 1. The second kappa shape index (κ2) is 8.76. The maximum atomic E-state index is 12.4. The minimum absolute atomic E-state index is 0.0436. The molecule has 0 aliphatic heterocycles. The van der Waals surface area contributed by atoms with Crippen LogP contribution in [0.1, 0.15) is 11.6 Å². The van der Waals surface area contributed by atoms with Crippen molar-refractivity contribution in [1.29, 1.82) is 0 Å². The molecule has 0 aliphatic carbocycles. The minimum Gasteiger partial charge on any atom is -0.493 e. The van der Waals surface area contributed by atoms with Crippen molar-refractivity contribution in [2.45, 2.75) is 12.7 Å². The molecular formula is C14H22F2N2O3. The molecule has 2 N–H and O–H groups in total. The van der Waals surface area contributed by atoms with Gasteiger partial charge >= 0.3 is 6.61 Å². The summed E-state index contributed by atoms with van der Waals surface area (Å²) in [5, 5.41) is 12.6. The van der Waals surface area contributed by atoms with Gasteiger partial charge in [-0.15, -0.1) is 0 Å². The van der Waals surface area contributed by atoms with Crippen LogP contribution in [0, 0.1) is 0 Å². The van der Waals surface area contributed by atoms with Gasteiger partial charge in [0, 0.05) is 13.1 Å². The largest absolute Gasteiger partial charge is 0.493 e. The Balaban J connectivity index is 2.83. The van der Waals surface area contributed by atoms with Crippen LogP contribution >= 0.6 is 0 Å². The molecule has 1 rings (SSSR count). The van der Waals surface area contributed by atoms with Gasteiger partial charge in [0.15, 0.2) is 11.5 Å². The standard InChI is InChI=1S/C14H22F2N2O3/c1-18(2)7-6-17-11(9-19)10-4-5-12(20-3)13(8-10)21-14(15)16/h4-5,8,11,14,17,19H,6-7,9H2,1-3H3. The fraction of sp³-hybridized carbons (Fsp3) is 0.571. The number of aliphatic hydroxyl groups excluding tert-OH is 1. The van der Waals surface area contributed by atoms with Crippen LogP contribution in [-0.2, 0) is 0 Å². The number of likely N-dealkylation sites (N-methyl/N-ethyl adjacent to an activating group) is 1. The first-order valence-electron chi connectivity index (χ1n) is 6.59. The van der Waals surface area contributed by atoms with Gasteiger partial charge in [-0.2, -0.15) is 8.78 Å². The smallest absolute Gasteiger partial charge is 0.387 e. The molecular weight excluding hydrogens is 282 g/mol. The lowest BCUT2D eigenvalue weighted by molar-refractivity contribution is -0.0512. The summed E-state index contributed by atoms with van der Waals surface area (Å²) in [6.45, 7) is -1.61. The predicted molar refractivity (Wildman–Crippen MR) is 76.0 cm³/mol. The van der Waals surface area contributed by atoms with E-state index < -0.39 is 6.61 Å². The number of nitrogens with zero attached hydrogens (tertiary/aromatic N) is 1. The Morgan fingerprint density at radius 3 is 2.52 bits per heavy atom. The van der Waals surface area contributed by atoms with E-state index in [0.29, 0.717) is 12.1 Å². The summed E-state index contributed by atoms with van der Waals surface area (Å²) < 4.78 is 34.2. The Bertz CT molecular complexity index is 431. The maximum Gasteiger partial charge on any atom is 0.387 e. The van der Waals surface area contributed by atoms with Gasteiger partial charge in [0.25, 0.3) is 0 Å². The Kier molecular flexibility index (Phi) is 7.35. The molecule has 0 radical (unpaired) electrons. The van der Waals surface area contributed by atoms with Gasteiger partial charge in [-0.25, -0.2) is 0 Å². The number of nitrogens with one attached hydrogen (secondary N) is 1. The van der Waals surface area contributed by atoms with Gasteiger partial charge in [-0.3, -0.25) is 0 Å². The van der Waals surface area contributed by atoms with E-state index in [1.807, 2.05) is 19.0 Å². The van der Waals surface area contributed by atoms with Crippen molar-refractivity contribution in [3.63, 3.8) is 0 Å². The van der Waals surface area contributed by atoms with Crippen molar-refractivity contribution in [2.75, 3.05) is 40.9 Å². The number of hydrogen-bond donors (Lipinski definition) is 2. The highest BCUT2D eigenvalue weighted by Crippen LogP contribution is 2.31. The highest BCUT2D eigenvalue weighted by atomic mass is 19.3. The lowest BCUT2D eigenvalue weighted by Gasteiger charge is -2.20. The molecule has 0 amide bonds. The summed E-state index contributed by atoms with van der Waals surface area (Å²) in [6.07, 6.45) is 0. The average molecular weight is 304 g/mol. The third-order valence-corrected chi connectivity index (χ3v) is 2.94. The lowest BCUT2D eigenvalue weighted by atomic mass is 10.1. The number of methoxy groups -OCH3 is 1. The van der Waals surface area contributed by atoms with E-state index in [-0.39, 0.29) is 24.1 Å². The van der Waals surface area contributed by atoms with Crippen LogP contribution in [0.5, 0.6) is 11.5 Å². The molecule has 7 heteroatoms. The van der Waals surface area contributed by atoms with Gasteiger partial charge in [0.05, 0.1) is 19.8 Å². The lowest BCUT2D eigenvalue weighted by Crippen LogP contribution is -2.31. The number of ether oxygens (including phenoxy) is 2. The van der Waals surface area contributed by atoms with Gasteiger partial charge in [-0.1, -0.05) is 6.07 Å². The predicted octanol–water partition coefficient (Wildman–Crippen LogP) is 1.48. The zero-order chi connectivity index (χ0) is 15.8. The summed E-state index contributed by atoms with van der Waals surface area (Å²) in [6, 6.07) is 4.36. The SMILES string of the molecule is COc1ccc(C(CO)NCCN(C)C)cc1OC(F)F. The van der Waals surface area contributed by atoms with Crippen LogP contribution in [0.4, 0.5) is 8.78 Å². The zero-order valence-corrected chi connectivity index (χ0v) is 12.5. The van der Waals surface area contributed by atoms with Crippen molar-refractivity contribution in [1.82, 2.24) is 10.2 Å². The zero-order valence-electron chi connectivity index (χ0n) is 12.5. The van der Waals surface area contributed by atoms with E-state index in [1.165, 1.54) is 13.2 Å². The maximum absolute atomic E-state index is 12.4. The van der Waals surface area contributed by atoms with E-state index in [1.54, 1.807) is 12.1 Å². The molecule has 1 aromatic carbocycles. The highest BCUT2D eigenvalue weighted by molar-refractivity contribution is 5.44. The molecule has 0 spiro atoms. The Labute approximate surface area is 123 Å². The molecule has 0 saturated heterocycles. The van der Waals surface area contributed by atoms with E-state index in [4.69, 9.17) is 4.74 Å². The average Bonchev–Trinajstić information content (AvgIpc) is 2.42. The first-order valence-corrected chi connectivity index (χ1v) is 6.59. The van der Waals surface area contributed by atoms with E-state index in [9.17, 15) is 13.9 Å². The van der Waals surface area contributed by atoms with Crippen LogP contribution in [0.25, 0.3) is 0 Å². The molecule has 1 aromatic rings. The topological polar surface area (TPSA) is 54.0 Å². The Hall–Kier alpha value is -1.44. The number of hydrogen-bond acceptors (Lipinski definition) is 5. The minimum atomic E-state index is -2.93. The van der Waals surface area contributed by atoms with Gasteiger partial charge in [-0.05, 0) is 31.8 Å². The quantitative estimate of drug-likeness (QED) is 0.724. The molecule has 0 aliphatic rings. The first kappa shape index (κ1) is 17.6. The van der Waals surface area contributed by atoms with Crippen LogP contribution in [0.15, 0.2) is 18.2 Å². The first-order chi connectivity index (χ1) is 9.97. The van der Waals surface area contributed by atoms with Crippen LogP contribution < -0.4 is 14.8 Å². The van der Waals surface area contributed by atoms with E-state index >= 15 is 0 Å². The fourth-order valence-electron chi connectivity index (χ4n) is 1.85. The molecule has 0 aromatic heterocycles. The second-order valence-corrected chi connectivity index (χ2v) is 4.78. The summed E-state index contributed by atoms with van der Waals surface area (Å²) in [4.78, 5) is 2.00. The number of rotatable bonds is 9. The van der Waals surface area contributed by atoms with Crippen molar-refractivity contribution in [2.24, 2.45) is 0 Å². The number of benzene rings is 1. The molecule has 0 fully saturated rings. The van der Waals surface area contributed by atoms with Gasteiger partial charge in [0.1, 0.15) is 0 Å². The molecule has 5 nitrogen and oxygen atoms in total. The van der Waals surface area contributed by atoms with Gasteiger partial charge < -0.3 is 24.8 Å². The Morgan fingerprint density at radius 2 is 2.00 bits per heavy atom. The molecule has 0 heterocycles. The molecule has 120 valence electrons. The molecule has 0 saturated carbocycles. The summed E-state index contributed by atoms with van der Waals surface area (Å²) in [5.74, 6) is 0.182. The van der Waals surface area contributed by atoms with Crippen molar-refractivity contribution >= 4 is 0 Å². The third kappa shape index (κ3) is 5.82. The van der Waals surface area contributed by atoms with E-state index in [0.717, 1.165) is 6.54 Å². The summed E-state index contributed by atoms with van der Waals surface area (Å²) >= 11 is 0. The normalized spacial score (nSPS) is 12.8. The monoisotopic (exact) mass is 304 g/mol. The van der Waals surface area contributed by atoms with Crippen molar-refractivity contribution in [3.8, 4) is 11.5 Å². The Morgan fingerprint density at radius 1 is 1.29 bits per heavy atom. The number of alkyl halides is 2. The van der Waals surface area contributed by atoms with Crippen molar-refractivity contribution in [3.05, 3.63) is 23.8 Å². The second-order valence-electron chi connectivity index (χ2n) is 4.78. The summed E-state index contributed by atoms with van der Waals surface area (Å²) in [7, 11) is 5.27. The van der Waals surface area contributed by atoms with Crippen LogP contribution in [-0.4, -0.2) is 57.5 Å². The van der Waals surface area contributed by atoms with Crippen molar-refractivity contribution < 1.29 is 23.4 Å². The molecule has 1 unspecified atom stereocenters. The van der Waals surface area contributed by atoms with E-state index in [2.05, 4.69) is 10.1 Å². The molecule has 21 heavy (non-hydrogen) atoms. The highest BCUT2D eigenvalue weighted by Gasteiger charge is 2.16. The third-order valence-electron chi connectivity index (χ3n) is 2.94. The number of halogens is 2. The van der Waals surface area contributed by atoms with Crippen LogP contribution in [0.3, 0.4) is 0 Å². The summed E-state index contributed by atoms with van der Waals surface area (Å²) in [5.41, 5.74) is 0.660. The molecule has 1 atom stereocenters.